The van der Waals surface area contributed by atoms with Crippen LogP contribution in [0, 0.1) is 0 Å². The number of methoxy groups -OCH3 is 2. The van der Waals surface area contributed by atoms with Gasteiger partial charge in [0.1, 0.15) is 17.2 Å². The highest BCUT2D eigenvalue weighted by Crippen LogP contribution is 2.40. The van der Waals surface area contributed by atoms with Gasteiger partial charge in [-0.1, -0.05) is 24.3 Å². The fraction of sp³-hybridized carbons (Fsp3) is 0.304. The molecule has 0 aromatic heterocycles. The summed E-state index contributed by atoms with van der Waals surface area (Å²) < 4.78 is 21.0. The van der Waals surface area contributed by atoms with Gasteiger partial charge in [-0.25, -0.2) is 0 Å². The number of esters is 1. The van der Waals surface area contributed by atoms with Crippen LogP contribution in [-0.2, 0) is 16.0 Å². The molecule has 7 heteroatoms. The number of carbonyl (C=O) groups is 2. The predicted molar refractivity (Wildman–Crippen MR) is 110 cm³/mol. The first kappa shape index (κ1) is 21.4. The molecule has 1 N–H and O–H groups in total. The van der Waals surface area contributed by atoms with Crippen molar-refractivity contribution in [2.45, 2.75) is 26.1 Å². The summed E-state index contributed by atoms with van der Waals surface area (Å²) in [4.78, 5) is 24.4. The molecule has 1 heterocycles. The smallest absolute Gasteiger partial charge is 0.306 e. The summed E-state index contributed by atoms with van der Waals surface area (Å²) in [5, 5.41) is 10.4. The number of aliphatic hydroxyl groups is 1. The molecule has 0 amide bonds. The number of aryl methyl sites for hydroxylation is 1. The molecule has 0 bridgehead atoms. The molecule has 7 nitrogen and oxygen atoms in total. The van der Waals surface area contributed by atoms with Gasteiger partial charge in [-0.2, -0.15) is 0 Å². The van der Waals surface area contributed by atoms with Crippen molar-refractivity contribution < 1.29 is 33.6 Å². The molecule has 2 aromatic carbocycles. The standard InChI is InChI=1S/C23H24O7/c1-4-29-21(24)10-7-14-5-8-15(9-6-14)22(25)18-13-17-19(28-3)11-16(27-2)12-20(17)30-23(18)26/h5-6,8-9,11-13,23,26H,4,7,10H2,1-3H3. The lowest BCUT2D eigenvalue weighted by atomic mass is 9.96. The van der Waals surface area contributed by atoms with E-state index in [1.54, 1.807) is 49.4 Å². The molecule has 1 aliphatic rings. The molecule has 3 rings (SSSR count). The van der Waals surface area contributed by atoms with Crippen molar-refractivity contribution in [2.24, 2.45) is 0 Å². The number of benzene rings is 2. The van der Waals surface area contributed by atoms with E-state index < -0.39 is 6.29 Å². The predicted octanol–water partition coefficient (Wildman–Crippen LogP) is 3.18. The Morgan fingerprint density at radius 2 is 1.83 bits per heavy atom. The monoisotopic (exact) mass is 412 g/mol. The highest BCUT2D eigenvalue weighted by atomic mass is 16.6. The van der Waals surface area contributed by atoms with Crippen LogP contribution in [-0.4, -0.2) is 44.0 Å². The first-order chi connectivity index (χ1) is 14.5. The summed E-state index contributed by atoms with van der Waals surface area (Å²) in [6.45, 7) is 2.12. The number of Topliss-reactive ketones (excluding diaryl/α,β-unsaturated/α-hetero) is 1. The van der Waals surface area contributed by atoms with Crippen LogP contribution < -0.4 is 14.2 Å². The van der Waals surface area contributed by atoms with E-state index in [9.17, 15) is 14.7 Å². The van der Waals surface area contributed by atoms with Crippen molar-refractivity contribution in [3.05, 3.63) is 58.7 Å². The Morgan fingerprint density at radius 3 is 2.47 bits per heavy atom. The molecule has 0 spiro atoms. The van der Waals surface area contributed by atoms with Crippen LogP contribution in [0.2, 0.25) is 0 Å². The topological polar surface area (TPSA) is 91.3 Å². The molecular formula is C23H24O7. The van der Waals surface area contributed by atoms with E-state index in [0.29, 0.717) is 41.4 Å². The number of fused-ring (bicyclic) bond motifs is 1. The zero-order valence-electron chi connectivity index (χ0n) is 17.1. The van der Waals surface area contributed by atoms with Crippen LogP contribution in [0.3, 0.4) is 0 Å². The molecule has 0 fully saturated rings. The molecule has 1 unspecified atom stereocenters. The van der Waals surface area contributed by atoms with E-state index in [4.69, 9.17) is 18.9 Å². The largest absolute Gasteiger partial charge is 0.496 e. The van der Waals surface area contributed by atoms with Crippen molar-refractivity contribution in [2.75, 3.05) is 20.8 Å². The number of hydrogen-bond donors (Lipinski definition) is 1. The van der Waals surface area contributed by atoms with Crippen molar-refractivity contribution in [3.63, 3.8) is 0 Å². The van der Waals surface area contributed by atoms with Gasteiger partial charge in [-0.05, 0) is 25.0 Å². The van der Waals surface area contributed by atoms with Crippen LogP contribution in [0.25, 0.3) is 6.08 Å². The van der Waals surface area contributed by atoms with Crippen molar-refractivity contribution in [1.29, 1.82) is 0 Å². The molecule has 1 atom stereocenters. The lowest BCUT2D eigenvalue weighted by Gasteiger charge is -2.24. The van der Waals surface area contributed by atoms with Gasteiger partial charge in [0.05, 0.1) is 32.0 Å². The first-order valence-electron chi connectivity index (χ1n) is 9.58. The van der Waals surface area contributed by atoms with Gasteiger partial charge in [-0.3, -0.25) is 9.59 Å². The minimum absolute atomic E-state index is 0.102. The number of rotatable bonds is 8. The first-order valence-corrected chi connectivity index (χ1v) is 9.58. The minimum atomic E-state index is -1.41. The number of carbonyl (C=O) groups excluding carboxylic acids is 2. The average Bonchev–Trinajstić information content (AvgIpc) is 2.76. The van der Waals surface area contributed by atoms with Gasteiger partial charge in [0.25, 0.3) is 0 Å². The second-order valence-electron chi connectivity index (χ2n) is 6.64. The maximum absolute atomic E-state index is 13.0. The lowest BCUT2D eigenvalue weighted by Crippen LogP contribution is -2.27. The van der Waals surface area contributed by atoms with Crippen molar-refractivity contribution >= 4 is 17.8 Å². The quantitative estimate of drug-likeness (QED) is 0.526. The Hall–Kier alpha value is -3.32. The molecule has 0 radical (unpaired) electrons. The van der Waals surface area contributed by atoms with Gasteiger partial charge in [0.15, 0.2) is 5.78 Å². The summed E-state index contributed by atoms with van der Waals surface area (Å²) in [7, 11) is 3.02. The zero-order chi connectivity index (χ0) is 21.7. The Morgan fingerprint density at radius 1 is 1.10 bits per heavy atom. The van der Waals surface area contributed by atoms with Gasteiger partial charge >= 0.3 is 5.97 Å². The van der Waals surface area contributed by atoms with E-state index in [-0.39, 0.29) is 23.7 Å². The maximum atomic E-state index is 13.0. The summed E-state index contributed by atoms with van der Waals surface area (Å²) in [5.41, 5.74) is 1.97. The maximum Gasteiger partial charge on any atom is 0.306 e. The Kier molecular flexibility index (Phi) is 6.74. The summed E-state index contributed by atoms with van der Waals surface area (Å²) in [5.74, 6) is 0.734. The zero-order valence-corrected chi connectivity index (χ0v) is 17.1. The second-order valence-corrected chi connectivity index (χ2v) is 6.64. The van der Waals surface area contributed by atoms with Crippen LogP contribution in [0.4, 0.5) is 0 Å². The molecule has 1 aliphatic heterocycles. The molecule has 0 saturated carbocycles. The van der Waals surface area contributed by atoms with Gasteiger partial charge < -0.3 is 24.1 Å². The summed E-state index contributed by atoms with van der Waals surface area (Å²) in [6, 6.07) is 10.2. The van der Waals surface area contributed by atoms with E-state index in [1.165, 1.54) is 14.2 Å². The van der Waals surface area contributed by atoms with Crippen LogP contribution >= 0.6 is 0 Å². The van der Waals surface area contributed by atoms with E-state index >= 15 is 0 Å². The molecule has 0 saturated heterocycles. The van der Waals surface area contributed by atoms with Gasteiger partial charge in [0, 0.05) is 24.1 Å². The molecule has 2 aromatic rings. The molecule has 158 valence electrons. The highest BCUT2D eigenvalue weighted by Gasteiger charge is 2.29. The Labute approximate surface area is 174 Å². The fourth-order valence-electron chi connectivity index (χ4n) is 3.16. The van der Waals surface area contributed by atoms with Crippen molar-refractivity contribution in [1.82, 2.24) is 0 Å². The molecular weight excluding hydrogens is 388 g/mol. The van der Waals surface area contributed by atoms with Crippen LogP contribution in [0.5, 0.6) is 17.2 Å². The Bertz CT molecular complexity index is 960. The number of ketones is 1. The van der Waals surface area contributed by atoms with Crippen LogP contribution in [0.15, 0.2) is 42.0 Å². The molecule has 30 heavy (non-hydrogen) atoms. The number of aliphatic hydroxyl groups excluding tert-OH is 1. The SMILES string of the molecule is CCOC(=O)CCc1ccc(C(=O)C2=Cc3c(OC)cc(OC)cc3OC2O)cc1. The second kappa shape index (κ2) is 9.45. The minimum Gasteiger partial charge on any atom is -0.496 e. The number of hydrogen-bond acceptors (Lipinski definition) is 7. The summed E-state index contributed by atoms with van der Waals surface area (Å²) in [6.07, 6.45) is 0.955. The van der Waals surface area contributed by atoms with E-state index in [0.717, 1.165) is 5.56 Å². The van der Waals surface area contributed by atoms with Gasteiger partial charge in [0.2, 0.25) is 6.29 Å². The average molecular weight is 412 g/mol. The van der Waals surface area contributed by atoms with E-state index in [2.05, 4.69) is 0 Å². The highest BCUT2D eigenvalue weighted by molar-refractivity contribution is 6.12. The van der Waals surface area contributed by atoms with Crippen LogP contribution in [0.1, 0.15) is 34.8 Å². The molecule has 0 aliphatic carbocycles. The normalized spacial score (nSPS) is 14.8. The van der Waals surface area contributed by atoms with Gasteiger partial charge in [-0.15, -0.1) is 0 Å². The Balaban J connectivity index is 1.81. The third-order valence-corrected chi connectivity index (χ3v) is 4.74. The van der Waals surface area contributed by atoms with E-state index in [1.807, 2.05) is 0 Å². The summed E-state index contributed by atoms with van der Waals surface area (Å²) >= 11 is 0. The third-order valence-electron chi connectivity index (χ3n) is 4.74. The fourth-order valence-corrected chi connectivity index (χ4v) is 3.16. The lowest BCUT2D eigenvalue weighted by molar-refractivity contribution is -0.143. The number of ether oxygens (including phenoxy) is 4. The van der Waals surface area contributed by atoms with Crippen molar-refractivity contribution in [3.8, 4) is 17.2 Å². The third kappa shape index (κ3) is 4.63.